The molecule has 6 nitrogen and oxygen atoms in total. The van der Waals surface area contributed by atoms with Gasteiger partial charge in [0.25, 0.3) is 0 Å². The number of carbonyl (C=O) groups is 1. The van der Waals surface area contributed by atoms with E-state index in [4.69, 9.17) is 4.52 Å². The maximum absolute atomic E-state index is 12.5. The van der Waals surface area contributed by atoms with Crippen LogP contribution >= 0.6 is 0 Å². The van der Waals surface area contributed by atoms with Gasteiger partial charge in [0.1, 0.15) is 0 Å². The third-order valence-electron chi connectivity index (χ3n) is 5.28. The van der Waals surface area contributed by atoms with E-state index in [2.05, 4.69) is 21.2 Å². The van der Waals surface area contributed by atoms with Gasteiger partial charge in [-0.15, -0.1) is 0 Å². The first-order valence-electron chi connectivity index (χ1n) is 9.32. The smallest absolute Gasteiger partial charge is 0.229 e. The van der Waals surface area contributed by atoms with Gasteiger partial charge in [-0.3, -0.25) is 4.79 Å². The maximum atomic E-state index is 12.5. The molecule has 1 N–H and O–H groups in total. The van der Waals surface area contributed by atoms with Gasteiger partial charge in [-0.25, -0.2) is 0 Å². The van der Waals surface area contributed by atoms with Gasteiger partial charge in [0.2, 0.25) is 11.8 Å². The van der Waals surface area contributed by atoms with Crippen molar-refractivity contribution < 1.29 is 9.32 Å². The van der Waals surface area contributed by atoms with Gasteiger partial charge in [-0.05, 0) is 30.9 Å². The third-order valence-corrected chi connectivity index (χ3v) is 5.28. The quantitative estimate of drug-likeness (QED) is 0.732. The highest BCUT2D eigenvalue weighted by Crippen LogP contribution is 2.32. The van der Waals surface area contributed by atoms with Crippen LogP contribution in [0.25, 0.3) is 10.9 Å². The largest absolute Gasteiger partial charge is 0.361 e. The van der Waals surface area contributed by atoms with Crippen LogP contribution in [-0.2, 0) is 17.8 Å². The molecule has 1 fully saturated rings. The lowest BCUT2D eigenvalue weighted by molar-refractivity contribution is -0.130. The normalized spacial score (nSPS) is 15.0. The molecule has 1 aliphatic rings. The van der Waals surface area contributed by atoms with Crippen molar-refractivity contribution in [2.45, 2.75) is 51.0 Å². The second kappa shape index (κ2) is 7.32. The number of para-hydroxylation sites is 1. The van der Waals surface area contributed by atoms with Crippen LogP contribution in [0.2, 0.25) is 0 Å². The highest BCUT2D eigenvalue weighted by molar-refractivity contribution is 5.84. The maximum Gasteiger partial charge on any atom is 0.229 e. The van der Waals surface area contributed by atoms with Crippen molar-refractivity contribution in [1.29, 1.82) is 0 Å². The number of benzene rings is 1. The van der Waals surface area contributed by atoms with E-state index in [-0.39, 0.29) is 5.91 Å². The summed E-state index contributed by atoms with van der Waals surface area (Å²) >= 11 is 0. The van der Waals surface area contributed by atoms with Crippen molar-refractivity contribution in [3.63, 3.8) is 0 Å². The fourth-order valence-electron chi connectivity index (χ4n) is 3.74. The molecule has 2 aromatic heterocycles. The summed E-state index contributed by atoms with van der Waals surface area (Å²) in [6.07, 6.45) is 7.88. The van der Waals surface area contributed by atoms with E-state index in [0.29, 0.717) is 31.1 Å². The van der Waals surface area contributed by atoms with Gasteiger partial charge in [0, 0.05) is 36.5 Å². The number of nitrogens with zero attached hydrogens (tertiary/aromatic N) is 3. The van der Waals surface area contributed by atoms with E-state index in [0.717, 1.165) is 24.2 Å². The molecule has 0 saturated heterocycles. The molecule has 0 spiro atoms. The average Bonchev–Trinajstić information content (AvgIpc) is 3.39. The highest BCUT2D eigenvalue weighted by atomic mass is 16.5. The number of aryl methyl sites for hydroxylation is 1. The first-order valence-corrected chi connectivity index (χ1v) is 9.32. The molecule has 4 rings (SSSR count). The third kappa shape index (κ3) is 3.49. The number of amides is 1. The van der Waals surface area contributed by atoms with Crippen molar-refractivity contribution in [1.82, 2.24) is 20.0 Å². The van der Waals surface area contributed by atoms with Gasteiger partial charge < -0.3 is 14.4 Å². The van der Waals surface area contributed by atoms with Crippen LogP contribution in [0.1, 0.15) is 55.3 Å². The summed E-state index contributed by atoms with van der Waals surface area (Å²) in [6.45, 7) is 0.392. The van der Waals surface area contributed by atoms with Crippen molar-refractivity contribution in [2.24, 2.45) is 0 Å². The first kappa shape index (κ1) is 16.8. The summed E-state index contributed by atoms with van der Waals surface area (Å²) in [6, 6.07) is 8.16. The molecule has 3 aromatic rings. The lowest BCUT2D eigenvalue weighted by atomic mass is 10.1. The Hall–Kier alpha value is -2.63. The van der Waals surface area contributed by atoms with E-state index in [1.807, 2.05) is 24.4 Å². The fraction of sp³-hybridized carbons (Fsp3) is 0.450. The number of fused-ring (bicyclic) bond motifs is 1. The number of nitrogens with one attached hydrogen (secondary N) is 1. The first-order chi connectivity index (χ1) is 12.7. The van der Waals surface area contributed by atoms with Crippen molar-refractivity contribution >= 4 is 16.8 Å². The number of H-pyrrole nitrogens is 1. The summed E-state index contributed by atoms with van der Waals surface area (Å²) in [5.41, 5.74) is 2.28. The van der Waals surface area contributed by atoms with Crippen LogP contribution in [0.5, 0.6) is 0 Å². The van der Waals surface area contributed by atoms with Crippen LogP contribution in [0, 0.1) is 0 Å². The zero-order valence-electron chi connectivity index (χ0n) is 15.1. The molecular weight excluding hydrogens is 328 g/mol. The van der Waals surface area contributed by atoms with E-state index in [1.54, 1.807) is 11.9 Å². The summed E-state index contributed by atoms with van der Waals surface area (Å²) in [5, 5.41) is 5.23. The molecule has 1 aliphatic carbocycles. The molecule has 6 heteroatoms. The highest BCUT2D eigenvalue weighted by Gasteiger charge is 2.23. The Balaban J connectivity index is 1.33. The number of aromatic amines is 1. The Bertz CT molecular complexity index is 892. The Morgan fingerprint density at radius 1 is 1.31 bits per heavy atom. The number of hydrogen-bond acceptors (Lipinski definition) is 4. The monoisotopic (exact) mass is 352 g/mol. The second-order valence-corrected chi connectivity index (χ2v) is 7.14. The Morgan fingerprint density at radius 3 is 2.96 bits per heavy atom. The molecule has 0 aliphatic heterocycles. The van der Waals surface area contributed by atoms with Crippen molar-refractivity contribution in [3.8, 4) is 0 Å². The average molecular weight is 352 g/mol. The van der Waals surface area contributed by atoms with Crippen LogP contribution < -0.4 is 0 Å². The molecule has 26 heavy (non-hydrogen) atoms. The molecule has 0 radical (unpaired) electrons. The minimum Gasteiger partial charge on any atom is -0.361 e. The van der Waals surface area contributed by atoms with Gasteiger partial charge in [-0.1, -0.05) is 36.2 Å². The molecule has 0 unspecified atom stereocenters. The van der Waals surface area contributed by atoms with E-state index in [1.165, 1.54) is 23.8 Å². The zero-order valence-corrected chi connectivity index (χ0v) is 15.1. The van der Waals surface area contributed by atoms with Crippen LogP contribution in [0.3, 0.4) is 0 Å². The predicted octanol–water partition coefficient (Wildman–Crippen LogP) is 3.80. The van der Waals surface area contributed by atoms with Gasteiger partial charge in [0.05, 0.1) is 6.54 Å². The number of aromatic nitrogens is 3. The number of carbonyl (C=O) groups excluding carboxylic acids is 1. The molecule has 136 valence electrons. The van der Waals surface area contributed by atoms with E-state index >= 15 is 0 Å². The topological polar surface area (TPSA) is 75.0 Å². The molecule has 1 saturated carbocycles. The van der Waals surface area contributed by atoms with Crippen molar-refractivity contribution in [3.05, 3.63) is 47.7 Å². The molecule has 1 aromatic carbocycles. The SMILES string of the molecule is CN(Cc1noc(C2CCCC2)n1)C(=O)CCc1c[nH]c2ccccc12. The van der Waals surface area contributed by atoms with E-state index in [9.17, 15) is 4.79 Å². The lowest BCUT2D eigenvalue weighted by Crippen LogP contribution is -2.26. The van der Waals surface area contributed by atoms with Gasteiger partial charge in [-0.2, -0.15) is 4.98 Å². The second-order valence-electron chi connectivity index (χ2n) is 7.14. The number of hydrogen-bond donors (Lipinski definition) is 1. The fourth-order valence-corrected chi connectivity index (χ4v) is 3.74. The lowest BCUT2D eigenvalue weighted by Gasteiger charge is -2.14. The Labute approximate surface area is 152 Å². The van der Waals surface area contributed by atoms with Crippen LogP contribution in [0.4, 0.5) is 0 Å². The summed E-state index contributed by atoms with van der Waals surface area (Å²) in [7, 11) is 1.79. The van der Waals surface area contributed by atoms with Crippen LogP contribution in [-0.4, -0.2) is 33.0 Å². The summed E-state index contributed by atoms with van der Waals surface area (Å²) in [4.78, 5) is 21.9. The molecule has 0 bridgehead atoms. The Morgan fingerprint density at radius 2 is 2.12 bits per heavy atom. The standard InChI is InChI=1S/C20H24N4O2/c1-24(13-18-22-20(26-23-18)14-6-2-3-7-14)19(25)11-10-15-12-21-17-9-5-4-8-16(15)17/h4-5,8-9,12,14,21H,2-3,6-7,10-11,13H2,1H3. The number of rotatable bonds is 6. The minimum atomic E-state index is 0.0856. The van der Waals surface area contributed by atoms with E-state index < -0.39 is 0 Å². The molecule has 1 amide bonds. The molecule has 2 heterocycles. The minimum absolute atomic E-state index is 0.0856. The van der Waals surface area contributed by atoms with Crippen molar-refractivity contribution in [2.75, 3.05) is 7.05 Å². The summed E-state index contributed by atoms with van der Waals surface area (Å²) < 4.78 is 5.39. The zero-order chi connectivity index (χ0) is 17.9. The summed E-state index contributed by atoms with van der Waals surface area (Å²) in [5.74, 6) is 1.81. The molecular formula is C20H24N4O2. The predicted molar refractivity (Wildman–Crippen MR) is 98.6 cm³/mol. The van der Waals surface area contributed by atoms with Crippen LogP contribution in [0.15, 0.2) is 35.0 Å². The van der Waals surface area contributed by atoms with Gasteiger partial charge in [0.15, 0.2) is 5.82 Å². The van der Waals surface area contributed by atoms with Gasteiger partial charge >= 0.3 is 0 Å². The molecule has 0 atom stereocenters. The Kier molecular flexibility index (Phi) is 4.73.